The van der Waals surface area contributed by atoms with Gasteiger partial charge in [0.15, 0.2) is 5.65 Å². The molecular formula is C17H18FN3S. The number of rotatable bonds is 5. The van der Waals surface area contributed by atoms with Gasteiger partial charge >= 0.3 is 0 Å². The second-order valence-corrected chi connectivity index (χ2v) is 6.05. The van der Waals surface area contributed by atoms with Crippen LogP contribution in [0, 0.1) is 5.82 Å². The Hall–Kier alpha value is -1.88. The van der Waals surface area contributed by atoms with E-state index < -0.39 is 0 Å². The molecule has 0 fully saturated rings. The Balaban J connectivity index is 2.05. The number of hydrogen-bond acceptors (Lipinski definition) is 3. The zero-order chi connectivity index (χ0) is 15.5. The van der Waals surface area contributed by atoms with Crippen LogP contribution in [0.25, 0.3) is 11.2 Å². The molecule has 2 aromatic heterocycles. The summed E-state index contributed by atoms with van der Waals surface area (Å²) in [7, 11) is 0. The van der Waals surface area contributed by atoms with Crippen LogP contribution in [0.4, 0.5) is 4.39 Å². The molecule has 0 saturated carbocycles. The first-order valence-corrected chi connectivity index (χ1v) is 8.57. The summed E-state index contributed by atoms with van der Waals surface area (Å²) in [6, 6.07) is 8.76. The highest BCUT2D eigenvalue weighted by Gasteiger charge is 2.12. The number of hydrogen-bond donors (Lipinski definition) is 0. The van der Waals surface area contributed by atoms with Crippen molar-refractivity contribution in [3.8, 4) is 0 Å². The van der Waals surface area contributed by atoms with Crippen LogP contribution >= 0.6 is 11.8 Å². The number of fused-ring (bicyclic) bond motifs is 1. The first-order valence-electron chi connectivity index (χ1n) is 7.35. The first kappa shape index (κ1) is 15.0. The molecule has 3 rings (SSSR count). The third-order valence-corrected chi connectivity index (χ3v) is 4.25. The van der Waals surface area contributed by atoms with Gasteiger partial charge in [-0.25, -0.2) is 14.4 Å². The number of aromatic nitrogens is 3. The van der Waals surface area contributed by atoms with Gasteiger partial charge in [-0.2, -0.15) is 0 Å². The van der Waals surface area contributed by atoms with Crippen LogP contribution in [0.15, 0.2) is 41.6 Å². The van der Waals surface area contributed by atoms with E-state index >= 15 is 0 Å². The largest absolute Gasteiger partial charge is 0.324 e. The highest BCUT2D eigenvalue weighted by atomic mass is 32.2. The smallest absolute Gasteiger partial charge is 0.159 e. The van der Waals surface area contributed by atoms with Gasteiger partial charge in [-0.3, -0.25) is 0 Å². The molecule has 0 unspecified atom stereocenters. The maximum Gasteiger partial charge on any atom is 0.159 e. The molecule has 0 aliphatic carbocycles. The van der Waals surface area contributed by atoms with Crippen molar-refractivity contribution in [1.29, 1.82) is 0 Å². The molecule has 0 amide bonds. The third kappa shape index (κ3) is 2.99. The topological polar surface area (TPSA) is 30.7 Å². The Kier molecular flexibility index (Phi) is 4.43. The van der Waals surface area contributed by atoms with Gasteiger partial charge in [0, 0.05) is 12.2 Å². The van der Waals surface area contributed by atoms with Gasteiger partial charge in [0.2, 0.25) is 0 Å². The Labute approximate surface area is 133 Å². The van der Waals surface area contributed by atoms with E-state index in [-0.39, 0.29) is 5.82 Å². The predicted molar refractivity (Wildman–Crippen MR) is 88.8 cm³/mol. The van der Waals surface area contributed by atoms with E-state index in [9.17, 15) is 4.39 Å². The van der Waals surface area contributed by atoms with E-state index in [0.717, 1.165) is 34.6 Å². The minimum absolute atomic E-state index is 0.209. The SMILES string of the molecule is CCCc1cc2nc(SC)cnc2n1Cc1ccc(F)cc1. The fourth-order valence-corrected chi connectivity index (χ4v) is 2.91. The molecule has 22 heavy (non-hydrogen) atoms. The van der Waals surface area contributed by atoms with Crippen LogP contribution in [-0.2, 0) is 13.0 Å². The highest BCUT2D eigenvalue weighted by molar-refractivity contribution is 7.98. The van der Waals surface area contributed by atoms with Gasteiger partial charge in [-0.1, -0.05) is 25.5 Å². The Morgan fingerprint density at radius 3 is 2.68 bits per heavy atom. The Bertz CT molecular complexity index is 780. The van der Waals surface area contributed by atoms with Crippen molar-refractivity contribution in [2.75, 3.05) is 6.26 Å². The van der Waals surface area contributed by atoms with E-state index in [1.54, 1.807) is 11.8 Å². The lowest BCUT2D eigenvalue weighted by Gasteiger charge is -2.10. The zero-order valence-corrected chi connectivity index (χ0v) is 13.5. The lowest BCUT2D eigenvalue weighted by molar-refractivity contribution is 0.626. The molecule has 3 aromatic rings. The van der Waals surface area contributed by atoms with Crippen molar-refractivity contribution in [3.63, 3.8) is 0 Å². The van der Waals surface area contributed by atoms with Crippen molar-refractivity contribution < 1.29 is 4.39 Å². The molecule has 0 N–H and O–H groups in total. The molecule has 0 aliphatic rings. The zero-order valence-electron chi connectivity index (χ0n) is 12.7. The fraction of sp³-hybridized carbons (Fsp3) is 0.294. The summed E-state index contributed by atoms with van der Waals surface area (Å²) in [5, 5.41) is 0.925. The van der Waals surface area contributed by atoms with Crippen molar-refractivity contribution in [1.82, 2.24) is 14.5 Å². The second kappa shape index (κ2) is 6.48. The summed E-state index contributed by atoms with van der Waals surface area (Å²) in [5.41, 5.74) is 4.11. The predicted octanol–water partition coefficient (Wildman–Crippen LogP) is 4.29. The second-order valence-electron chi connectivity index (χ2n) is 5.22. The third-order valence-electron chi connectivity index (χ3n) is 3.63. The van der Waals surface area contributed by atoms with Gasteiger partial charge in [-0.15, -0.1) is 11.8 Å². The maximum atomic E-state index is 13.1. The summed E-state index contributed by atoms with van der Waals surface area (Å²) in [6.07, 6.45) is 5.85. The molecule has 0 saturated heterocycles. The molecule has 114 valence electrons. The fourth-order valence-electron chi connectivity index (χ4n) is 2.57. The van der Waals surface area contributed by atoms with Crippen LogP contribution in [0.5, 0.6) is 0 Å². The molecule has 0 radical (unpaired) electrons. The minimum Gasteiger partial charge on any atom is -0.324 e. The average Bonchev–Trinajstić information content (AvgIpc) is 2.86. The summed E-state index contributed by atoms with van der Waals surface area (Å²) in [4.78, 5) is 9.21. The molecule has 0 atom stereocenters. The number of halogens is 1. The Morgan fingerprint density at radius 1 is 1.23 bits per heavy atom. The van der Waals surface area contributed by atoms with E-state index in [1.165, 1.54) is 17.8 Å². The average molecular weight is 315 g/mol. The Morgan fingerprint density at radius 2 is 2.00 bits per heavy atom. The van der Waals surface area contributed by atoms with E-state index in [4.69, 9.17) is 0 Å². The van der Waals surface area contributed by atoms with Crippen LogP contribution in [0.1, 0.15) is 24.6 Å². The minimum atomic E-state index is -0.209. The van der Waals surface area contributed by atoms with E-state index in [0.29, 0.717) is 6.54 Å². The van der Waals surface area contributed by atoms with Crippen LogP contribution in [-0.4, -0.2) is 20.8 Å². The summed E-state index contributed by atoms with van der Waals surface area (Å²) in [6.45, 7) is 2.85. The van der Waals surface area contributed by atoms with Crippen molar-refractivity contribution in [2.24, 2.45) is 0 Å². The molecule has 1 aromatic carbocycles. The maximum absolute atomic E-state index is 13.1. The number of aryl methyl sites for hydroxylation is 1. The van der Waals surface area contributed by atoms with E-state index in [2.05, 4.69) is 27.5 Å². The van der Waals surface area contributed by atoms with Gasteiger partial charge < -0.3 is 4.57 Å². The molecule has 0 spiro atoms. The lowest BCUT2D eigenvalue weighted by atomic mass is 10.2. The lowest BCUT2D eigenvalue weighted by Crippen LogP contribution is -2.05. The van der Waals surface area contributed by atoms with Gasteiger partial charge in [0.25, 0.3) is 0 Å². The summed E-state index contributed by atoms with van der Waals surface area (Å²) in [5.74, 6) is -0.209. The van der Waals surface area contributed by atoms with E-state index in [1.807, 2.05) is 24.6 Å². The molecular weight excluding hydrogens is 297 g/mol. The highest BCUT2D eigenvalue weighted by Crippen LogP contribution is 2.22. The number of nitrogens with zero attached hydrogens (tertiary/aromatic N) is 3. The molecule has 3 nitrogen and oxygen atoms in total. The number of benzene rings is 1. The monoisotopic (exact) mass is 315 g/mol. The molecule has 5 heteroatoms. The number of thioether (sulfide) groups is 1. The molecule has 0 bridgehead atoms. The standard InChI is InChI=1S/C17H18FN3S/c1-3-4-14-9-15-17(19-10-16(20-15)22-2)21(14)11-12-5-7-13(18)8-6-12/h5-10H,3-4,11H2,1-2H3. The van der Waals surface area contributed by atoms with Crippen LogP contribution in [0.2, 0.25) is 0 Å². The normalized spacial score (nSPS) is 11.2. The van der Waals surface area contributed by atoms with Gasteiger partial charge in [0.05, 0.1) is 6.20 Å². The van der Waals surface area contributed by atoms with Crippen molar-refractivity contribution in [2.45, 2.75) is 31.3 Å². The van der Waals surface area contributed by atoms with Gasteiger partial charge in [0.1, 0.15) is 16.4 Å². The van der Waals surface area contributed by atoms with Crippen LogP contribution in [0.3, 0.4) is 0 Å². The van der Waals surface area contributed by atoms with Gasteiger partial charge in [-0.05, 0) is 36.4 Å². The quantitative estimate of drug-likeness (QED) is 0.658. The summed E-state index contributed by atoms with van der Waals surface area (Å²) >= 11 is 1.59. The molecule has 2 heterocycles. The first-order chi connectivity index (χ1) is 10.7. The van der Waals surface area contributed by atoms with Crippen molar-refractivity contribution in [3.05, 3.63) is 53.6 Å². The van der Waals surface area contributed by atoms with Crippen molar-refractivity contribution >= 4 is 22.9 Å². The van der Waals surface area contributed by atoms with Crippen LogP contribution < -0.4 is 0 Å². The molecule has 0 aliphatic heterocycles. The summed E-state index contributed by atoms with van der Waals surface area (Å²) < 4.78 is 15.3.